The second kappa shape index (κ2) is 12.1. The average molecular weight is 438 g/mol. The number of rotatable bonds is 8. The van der Waals surface area contributed by atoms with Gasteiger partial charge in [0.15, 0.2) is 5.96 Å². The Labute approximate surface area is 156 Å². The second-order valence-electron chi connectivity index (χ2n) is 5.36. The molecule has 0 aliphatic heterocycles. The zero-order valence-corrected chi connectivity index (χ0v) is 17.6. The number of hydrogen-bond donors (Lipinski definition) is 2. The monoisotopic (exact) mass is 438 g/mol. The van der Waals surface area contributed by atoms with Crippen LogP contribution in [0.4, 0.5) is 0 Å². The predicted molar refractivity (Wildman–Crippen MR) is 110 cm³/mol. The summed E-state index contributed by atoms with van der Waals surface area (Å²) in [5.41, 5.74) is 1.39. The van der Waals surface area contributed by atoms with E-state index in [-0.39, 0.29) is 24.0 Å². The Morgan fingerprint density at radius 3 is 2.36 bits per heavy atom. The third-order valence-corrected chi connectivity index (χ3v) is 4.61. The van der Waals surface area contributed by atoms with Crippen molar-refractivity contribution in [1.82, 2.24) is 15.5 Å². The number of nitrogens with one attached hydrogen (secondary N) is 2. The molecule has 0 saturated heterocycles. The molecular formula is C16H31IN4S. The molecule has 22 heavy (non-hydrogen) atoms. The van der Waals surface area contributed by atoms with E-state index in [9.17, 15) is 0 Å². The van der Waals surface area contributed by atoms with Crippen LogP contribution in [0, 0.1) is 0 Å². The fourth-order valence-corrected chi connectivity index (χ4v) is 3.15. The van der Waals surface area contributed by atoms with E-state index < -0.39 is 0 Å². The molecule has 0 spiro atoms. The van der Waals surface area contributed by atoms with Gasteiger partial charge in [0.05, 0.1) is 0 Å². The SMILES string of the molecule is CCN(CC)C(C)CNC(=NC)NCC(C)c1ccsc1.I. The summed E-state index contributed by atoms with van der Waals surface area (Å²) in [7, 11) is 1.83. The number of likely N-dealkylation sites (N-methyl/N-ethyl adjacent to an activating group) is 1. The Hall–Kier alpha value is -0.340. The van der Waals surface area contributed by atoms with Gasteiger partial charge in [-0.15, -0.1) is 24.0 Å². The van der Waals surface area contributed by atoms with E-state index in [2.05, 4.69) is 65.0 Å². The molecular weight excluding hydrogens is 407 g/mol. The number of thiophene rings is 1. The summed E-state index contributed by atoms with van der Waals surface area (Å²) in [5.74, 6) is 1.38. The summed E-state index contributed by atoms with van der Waals surface area (Å²) in [5, 5.41) is 11.2. The molecule has 6 heteroatoms. The van der Waals surface area contributed by atoms with Crippen LogP contribution in [-0.4, -0.2) is 50.1 Å². The molecule has 2 atom stereocenters. The Bertz CT molecular complexity index is 404. The normalized spacial score (nSPS) is 14.4. The van der Waals surface area contributed by atoms with Gasteiger partial charge < -0.3 is 10.6 Å². The van der Waals surface area contributed by atoms with E-state index in [0.717, 1.165) is 32.1 Å². The van der Waals surface area contributed by atoms with E-state index in [1.807, 2.05) is 7.05 Å². The van der Waals surface area contributed by atoms with Crippen LogP contribution in [0.25, 0.3) is 0 Å². The minimum absolute atomic E-state index is 0. The molecule has 128 valence electrons. The Balaban J connectivity index is 0.00000441. The van der Waals surface area contributed by atoms with Gasteiger partial charge in [0, 0.05) is 26.2 Å². The first-order valence-electron chi connectivity index (χ1n) is 7.82. The highest BCUT2D eigenvalue weighted by atomic mass is 127. The average Bonchev–Trinajstić information content (AvgIpc) is 3.02. The van der Waals surface area contributed by atoms with E-state index >= 15 is 0 Å². The van der Waals surface area contributed by atoms with Gasteiger partial charge >= 0.3 is 0 Å². The lowest BCUT2D eigenvalue weighted by atomic mass is 10.1. The van der Waals surface area contributed by atoms with Crippen LogP contribution in [0.3, 0.4) is 0 Å². The molecule has 2 unspecified atom stereocenters. The molecule has 0 saturated carbocycles. The summed E-state index contributed by atoms with van der Waals surface area (Å²) in [6.45, 7) is 12.9. The number of hydrogen-bond acceptors (Lipinski definition) is 3. The summed E-state index contributed by atoms with van der Waals surface area (Å²) in [4.78, 5) is 6.74. The first kappa shape index (κ1) is 21.7. The molecule has 1 aromatic heterocycles. The highest BCUT2D eigenvalue weighted by molar-refractivity contribution is 14.0. The van der Waals surface area contributed by atoms with Crippen molar-refractivity contribution in [3.8, 4) is 0 Å². The molecule has 0 bridgehead atoms. The third kappa shape index (κ3) is 7.28. The van der Waals surface area contributed by atoms with E-state index in [0.29, 0.717) is 12.0 Å². The van der Waals surface area contributed by atoms with Crippen LogP contribution in [0.5, 0.6) is 0 Å². The minimum atomic E-state index is 0. The molecule has 0 radical (unpaired) electrons. The lowest BCUT2D eigenvalue weighted by Crippen LogP contribution is -2.46. The predicted octanol–water partition coefficient (Wildman–Crippen LogP) is 3.36. The van der Waals surface area contributed by atoms with E-state index in [4.69, 9.17) is 0 Å². The van der Waals surface area contributed by atoms with Crippen LogP contribution < -0.4 is 10.6 Å². The highest BCUT2D eigenvalue weighted by Crippen LogP contribution is 2.16. The fourth-order valence-electron chi connectivity index (χ4n) is 2.36. The topological polar surface area (TPSA) is 39.7 Å². The zero-order valence-electron chi connectivity index (χ0n) is 14.4. The van der Waals surface area contributed by atoms with Crippen molar-refractivity contribution in [3.63, 3.8) is 0 Å². The number of aliphatic imine (C=N–C) groups is 1. The van der Waals surface area contributed by atoms with Crippen LogP contribution in [0.2, 0.25) is 0 Å². The maximum Gasteiger partial charge on any atom is 0.191 e. The van der Waals surface area contributed by atoms with Crippen molar-refractivity contribution >= 4 is 41.3 Å². The van der Waals surface area contributed by atoms with Crippen LogP contribution >= 0.6 is 35.3 Å². The first-order valence-corrected chi connectivity index (χ1v) is 8.77. The van der Waals surface area contributed by atoms with Gasteiger partial charge in [0.2, 0.25) is 0 Å². The maximum absolute atomic E-state index is 4.30. The number of nitrogens with zero attached hydrogens (tertiary/aromatic N) is 2. The van der Waals surface area contributed by atoms with E-state index in [1.54, 1.807) is 11.3 Å². The second-order valence-corrected chi connectivity index (χ2v) is 6.14. The van der Waals surface area contributed by atoms with Gasteiger partial charge in [0.25, 0.3) is 0 Å². The molecule has 1 rings (SSSR count). The van der Waals surface area contributed by atoms with Crippen LogP contribution in [-0.2, 0) is 0 Å². The number of guanidine groups is 1. The molecule has 0 aliphatic rings. The Morgan fingerprint density at radius 1 is 1.23 bits per heavy atom. The lowest BCUT2D eigenvalue weighted by Gasteiger charge is -2.27. The molecule has 4 nitrogen and oxygen atoms in total. The van der Waals surface area contributed by atoms with Gasteiger partial charge in [-0.05, 0) is 48.3 Å². The molecule has 0 fully saturated rings. The standard InChI is InChI=1S/C16H30N4S.HI/c1-6-20(7-2)14(4)11-19-16(17-5)18-10-13(3)15-8-9-21-12-15;/h8-9,12-14H,6-7,10-11H2,1-5H3,(H2,17,18,19);1H. The van der Waals surface area contributed by atoms with E-state index in [1.165, 1.54) is 5.56 Å². The number of halogens is 1. The molecule has 1 heterocycles. The van der Waals surface area contributed by atoms with Gasteiger partial charge in [-0.1, -0.05) is 20.8 Å². The van der Waals surface area contributed by atoms with Gasteiger partial charge in [0.1, 0.15) is 0 Å². The molecule has 0 aromatic carbocycles. The highest BCUT2D eigenvalue weighted by Gasteiger charge is 2.11. The smallest absolute Gasteiger partial charge is 0.191 e. The summed E-state index contributed by atoms with van der Waals surface area (Å²) in [6, 6.07) is 2.70. The molecule has 2 N–H and O–H groups in total. The van der Waals surface area contributed by atoms with Crippen molar-refractivity contribution in [1.29, 1.82) is 0 Å². The Morgan fingerprint density at radius 2 is 1.86 bits per heavy atom. The first-order chi connectivity index (χ1) is 10.1. The summed E-state index contributed by atoms with van der Waals surface area (Å²) < 4.78 is 0. The summed E-state index contributed by atoms with van der Waals surface area (Å²) >= 11 is 1.75. The molecule has 0 aliphatic carbocycles. The van der Waals surface area contributed by atoms with Crippen molar-refractivity contribution < 1.29 is 0 Å². The largest absolute Gasteiger partial charge is 0.356 e. The quantitative estimate of drug-likeness (QED) is 0.372. The van der Waals surface area contributed by atoms with Crippen LogP contribution in [0.1, 0.15) is 39.2 Å². The van der Waals surface area contributed by atoms with Crippen molar-refractivity contribution in [3.05, 3.63) is 22.4 Å². The van der Waals surface area contributed by atoms with Crippen molar-refractivity contribution in [2.75, 3.05) is 33.2 Å². The maximum atomic E-state index is 4.30. The molecule has 1 aromatic rings. The van der Waals surface area contributed by atoms with Gasteiger partial charge in [-0.2, -0.15) is 11.3 Å². The Kier molecular flexibility index (Phi) is 11.9. The zero-order chi connectivity index (χ0) is 15.7. The van der Waals surface area contributed by atoms with Crippen molar-refractivity contribution in [2.45, 2.75) is 39.7 Å². The third-order valence-electron chi connectivity index (χ3n) is 3.91. The van der Waals surface area contributed by atoms with Crippen LogP contribution in [0.15, 0.2) is 21.8 Å². The minimum Gasteiger partial charge on any atom is -0.356 e. The van der Waals surface area contributed by atoms with Gasteiger partial charge in [-0.25, -0.2) is 0 Å². The van der Waals surface area contributed by atoms with Crippen molar-refractivity contribution in [2.24, 2.45) is 4.99 Å². The molecule has 0 amide bonds. The van der Waals surface area contributed by atoms with Gasteiger partial charge in [-0.3, -0.25) is 9.89 Å². The summed E-state index contributed by atoms with van der Waals surface area (Å²) in [6.07, 6.45) is 0. The lowest BCUT2D eigenvalue weighted by molar-refractivity contribution is 0.231. The fraction of sp³-hybridized carbons (Fsp3) is 0.688.